The summed E-state index contributed by atoms with van der Waals surface area (Å²) in [6.07, 6.45) is -4.50. The van der Waals surface area contributed by atoms with E-state index in [1.165, 1.54) is 0 Å². The highest BCUT2D eigenvalue weighted by Crippen LogP contribution is 2.16. The van der Waals surface area contributed by atoms with Gasteiger partial charge in [-0.1, -0.05) is 0 Å². The molecule has 0 aromatic rings. The zero-order chi connectivity index (χ0) is 8.43. The minimum absolute atomic E-state index is 0.0834. The Kier molecular flexibility index (Phi) is 2.80. The molecule has 4 atom stereocenters. The third-order valence-electron chi connectivity index (χ3n) is 1.69. The summed E-state index contributed by atoms with van der Waals surface area (Å²) in [6.45, 7) is 0.569. The van der Waals surface area contributed by atoms with Crippen LogP contribution in [-0.4, -0.2) is 51.4 Å². The van der Waals surface area contributed by atoms with Crippen molar-refractivity contribution in [2.24, 2.45) is 0 Å². The number of ether oxygens (including phenoxy) is 1. The van der Waals surface area contributed by atoms with E-state index in [4.69, 9.17) is 25.2 Å². The van der Waals surface area contributed by atoms with Crippen LogP contribution in [0.1, 0.15) is 0 Å². The van der Waals surface area contributed by atoms with Gasteiger partial charge in [0.2, 0.25) is 0 Å². The Morgan fingerprint density at radius 3 is 2.36 bits per heavy atom. The Morgan fingerprint density at radius 2 is 1.82 bits per heavy atom. The lowest BCUT2D eigenvalue weighted by molar-refractivity contribution is -0.185. The Hall–Kier alpha value is -0.200. The quantitative estimate of drug-likeness (QED) is 0.359. The monoisotopic (exact) mass is 163 g/mol. The molecule has 65 valence electrons. The van der Waals surface area contributed by atoms with Gasteiger partial charge in [-0.3, -0.25) is 0 Å². The third-order valence-corrected chi connectivity index (χ3v) is 1.69. The summed E-state index contributed by atoms with van der Waals surface area (Å²) in [5.74, 6) is 0. The molecule has 11 heavy (non-hydrogen) atoms. The van der Waals surface area contributed by atoms with Gasteiger partial charge in [0.05, 0.1) is 6.61 Å². The van der Waals surface area contributed by atoms with E-state index in [0.717, 1.165) is 0 Å². The second kappa shape index (κ2) is 3.46. The van der Waals surface area contributed by atoms with E-state index in [9.17, 15) is 0 Å². The van der Waals surface area contributed by atoms with E-state index in [-0.39, 0.29) is 6.61 Å². The number of aliphatic hydroxyl groups excluding tert-OH is 4. The van der Waals surface area contributed by atoms with E-state index < -0.39 is 24.4 Å². The van der Waals surface area contributed by atoms with Crippen molar-refractivity contribution in [1.82, 2.24) is 0 Å². The zero-order valence-electron chi connectivity index (χ0n) is 5.79. The molecule has 1 fully saturated rings. The van der Waals surface area contributed by atoms with Crippen molar-refractivity contribution in [1.29, 1.82) is 0 Å². The molecule has 1 radical (unpaired) electrons. The van der Waals surface area contributed by atoms with Crippen LogP contribution in [-0.2, 0) is 4.74 Å². The van der Waals surface area contributed by atoms with E-state index in [1.54, 1.807) is 0 Å². The van der Waals surface area contributed by atoms with Crippen LogP contribution in [0.4, 0.5) is 0 Å². The first-order valence-corrected chi connectivity index (χ1v) is 3.30. The highest BCUT2D eigenvalue weighted by molar-refractivity contribution is 4.89. The fourth-order valence-electron chi connectivity index (χ4n) is 0.960. The molecular weight excluding hydrogens is 152 g/mol. The smallest absolute Gasteiger partial charge is 0.115 e. The molecule has 1 aliphatic rings. The Bertz CT molecular complexity index is 126. The molecule has 0 aromatic carbocycles. The average molecular weight is 163 g/mol. The van der Waals surface area contributed by atoms with Gasteiger partial charge in [-0.2, -0.15) is 0 Å². The van der Waals surface area contributed by atoms with Crippen molar-refractivity contribution < 1.29 is 25.2 Å². The van der Waals surface area contributed by atoms with E-state index >= 15 is 0 Å². The van der Waals surface area contributed by atoms with Gasteiger partial charge in [0.25, 0.3) is 0 Å². The Balaban J connectivity index is 2.52. The van der Waals surface area contributed by atoms with Crippen molar-refractivity contribution >= 4 is 0 Å². The number of hydrogen-bond donors (Lipinski definition) is 4. The van der Waals surface area contributed by atoms with Crippen LogP contribution >= 0.6 is 0 Å². The van der Waals surface area contributed by atoms with Crippen LogP contribution in [0.2, 0.25) is 0 Å². The Morgan fingerprint density at radius 1 is 1.18 bits per heavy atom. The maximum atomic E-state index is 9.08. The molecule has 0 unspecified atom stereocenters. The lowest BCUT2D eigenvalue weighted by Crippen LogP contribution is -2.52. The van der Waals surface area contributed by atoms with E-state index in [0.29, 0.717) is 6.61 Å². The summed E-state index contributed by atoms with van der Waals surface area (Å²) < 4.78 is 4.76. The van der Waals surface area contributed by atoms with Crippen molar-refractivity contribution in [2.75, 3.05) is 6.61 Å². The van der Waals surface area contributed by atoms with Crippen molar-refractivity contribution in [3.05, 3.63) is 6.61 Å². The third kappa shape index (κ3) is 1.69. The molecule has 1 rings (SSSR count). The van der Waals surface area contributed by atoms with Crippen LogP contribution < -0.4 is 0 Å². The number of aliphatic hydroxyl groups is 4. The summed E-state index contributed by atoms with van der Waals surface area (Å²) in [6, 6.07) is 0. The first-order valence-electron chi connectivity index (χ1n) is 3.30. The van der Waals surface area contributed by atoms with E-state index in [2.05, 4.69) is 0 Å². The average Bonchev–Trinajstić information content (AvgIpc) is 2.01. The molecule has 5 heteroatoms. The van der Waals surface area contributed by atoms with Gasteiger partial charge in [-0.25, -0.2) is 0 Å². The summed E-state index contributed by atoms with van der Waals surface area (Å²) >= 11 is 0. The van der Waals surface area contributed by atoms with Crippen LogP contribution in [0.15, 0.2) is 0 Å². The van der Waals surface area contributed by atoms with Crippen LogP contribution in [0.5, 0.6) is 0 Å². The first-order chi connectivity index (χ1) is 5.16. The molecule has 0 saturated carbocycles. The van der Waals surface area contributed by atoms with Crippen molar-refractivity contribution in [3.8, 4) is 0 Å². The molecular formula is C6H11O5. The minimum atomic E-state index is -1.26. The van der Waals surface area contributed by atoms with Gasteiger partial charge >= 0.3 is 0 Å². The van der Waals surface area contributed by atoms with Crippen LogP contribution in [0.25, 0.3) is 0 Å². The van der Waals surface area contributed by atoms with Crippen molar-refractivity contribution in [3.63, 3.8) is 0 Å². The van der Waals surface area contributed by atoms with Crippen LogP contribution in [0.3, 0.4) is 0 Å². The van der Waals surface area contributed by atoms with Gasteiger partial charge in [0.1, 0.15) is 31.0 Å². The van der Waals surface area contributed by atoms with Crippen molar-refractivity contribution in [2.45, 2.75) is 24.4 Å². The van der Waals surface area contributed by atoms with Gasteiger partial charge in [0, 0.05) is 0 Å². The second-order valence-electron chi connectivity index (χ2n) is 2.50. The molecule has 1 aliphatic heterocycles. The minimum Gasteiger partial charge on any atom is -0.388 e. The summed E-state index contributed by atoms with van der Waals surface area (Å²) in [5, 5.41) is 35.5. The largest absolute Gasteiger partial charge is 0.388 e. The zero-order valence-corrected chi connectivity index (χ0v) is 5.79. The van der Waals surface area contributed by atoms with E-state index in [1.807, 2.05) is 0 Å². The molecule has 4 N–H and O–H groups in total. The number of rotatable bonds is 1. The van der Waals surface area contributed by atoms with Gasteiger partial charge < -0.3 is 25.2 Å². The molecule has 0 aromatic heterocycles. The lowest BCUT2D eigenvalue weighted by atomic mass is 10.0. The predicted molar refractivity (Wildman–Crippen MR) is 34.0 cm³/mol. The molecule has 1 heterocycles. The van der Waals surface area contributed by atoms with Gasteiger partial charge in [0.15, 0.2) is 0 Å². The topological polar surface area (TPSA) is 90.2 Å². The Labute approximate surface area is 63.8 Å². The van der Waals surface area contributed by atoms with Gasteiger partial charge in [-0.15, -0.1) is 0 Å². The fraction of sp³-hybridized carbons (Fsp3) is 0.833. The first kappa shape index (κ1) is 8.89. The molecule has 1 saturated heterocycles. The van der Waals surface area contributed by atoms with Crippen LogP contribution in [0, 0.1) is 6.61 Å². The maximum Gasteiger partial charge on any atom is 0.115 e. The predicted octanol–water partition coefficient (Wildman–Crippen LogP) is -2.00. The maximum absolute atomic E-state index is 9.08. The second-order valence-corrected chi connectivity index (χ2v) is 2.50. The summed E-state index contributed by atoms with van der Waals surface area (Å²) in [4.78, 5) is 0. The molecule has 0 aliphatic carbocycles. The summed E-state index contributed by atoms with van der Waals surface area (Å²) in [5.41, 5.74) is 0. The lowest BCUT2D eigenvalue weighted by Gasteiger charge is -2.33. The molecule has 0 spiro atoms. The highest BCUT2D eigenvalue weighted by atomic mass is 16.5. The van der Waals surface area contributed by atoms with Gasteiger partial charge in [-0.05, 0) is 0 Å². The summed E-state index contributed by atoms with van der Waals surface area (Å²) in [7, 11) is 0. The SMILES string of the molecule is O[CH][C@H]1OC[C@@H](O)[C@@H](O)[C@@H]1O. The highest BCUT2D eigenvalue weighted by Gasteiger charge is 2.37. The normalized spacial score (nSPS) is 45.8. The molecule has 0 amide bonds. The fourth-order valence-corrected chi connectivity index (χ4v) is 0.960. The standard InChI is InChI=1S/C6H11O5/c7-1-4-6(10)5(9)3(8)2-11-4/h1,3-10H,2H2/t3-,4-,5-,6-/m1/s1. The molecule has 0 bridgehead atoms. The number of hydrogen-bond acceptors (Lipinski definition) is 5. The molecule has 5 nitrogen and oxygen atoms in total.